The molecule has 6 nitrogen and oxygen atoms in total. The first-order valence-corrected chi connectivity index (χ1v) is 7.11. The van der Waals surface area contributed by atoms with E-state index in [1.165, 1.54) is 11.8 Å². The molecule has 0 aliphatic heterocycles. The summed E-state index contributed by atoms with van der Waals surface area (Å²) in [5, 5.41) is 5.27. The van der Waals surface area contributed by atoms with Gasteiger partial charge in [-0.1, -0.05) is 12.1 Å². The van der Waals surface area contributed by atoms with Crippen LogP contribution in [0, 0.1) is 0 Å². The predicted octanol–water partition coefficient (Wildman–Crippen LogP) is 0.710. The minimum Gasteiger partial charge on any atom is -0.383 e. The van der Waals surface area contributed by atoms with E-state index in [0.717, 1.165) is 23.5 Å². The highest BCUT2D eigenvalue weighted by Crippen LogP contribution is 2.18. The molecule has 0 heterocycles. The van der Waals surface area contributed by atoms with Gasteiger partial charge in [-0.2, -0.15) is 0 Å². The second-order valence-corrected chi connectivity index (χ2v) is 5.06. The van der Waals surface area contributed by atoms with E-state index in [2.05, 4.69) is 5.32 Å². The molecule has 0 aliphatic rings. The molecule has 0 radical (unpaired) electrons. The number of imide groups is 1. The molecule has 0 aromatic heterocycles. The maximum atomic E-state index is 11.2. The number of benzene rings is 1. The van der Waals surface area contributed by atoms with E-state index in [1.54, 1.807) is 7.11 Å². The van der Waals surface area contributed by atoms with Gasteiger partial charge in [-0.25, -0.2) is 4.79 Å². The van der Waals surface area contributed by atoms with Crippen LogP contribution in [0.15, 0.2) is 29.2 Å². The molecule has 4 N–H and O–H groups in total. The number of primary amides is 1. The van der Waals surface area contributed by atoms with Gasteiger partial charge in [0.25, 0.3) is 0 Å². The van der Waals surface area contributed by atoms with Crippen molar-refractivity contribution in [2.45, 2.75) is 11.4 Å². The number of ether oxygens (including phenoxy) is 1. The molecular formula is C13H19N3O3S. The Kier molecular flexibility index (Phi) is 7.71. The van der Waals surface area contributed by atoms with Gasteiger partial charge in [0.15, 0.2) is 0 Å². The SMILES string of the molecule is COCCNCc1ccc(SCC(=O)NC(N)=O)cc1. The molecule has 3 amide bonds. The van der Waals surface area contributed by atoms with Gasteiger partial charge in [-0.3, -0.25) is 10.1 Å². The average Bonchev–Trinajstić information content (AvgIpc) is 2.42. The minimum atomic E-state index is -0.826. The molecule has 1 aromatic carbocycles. The Balaban J connectivity index is 2.31. The van der Waals surface area contributed by atoms with Crippen molar-refractivity contribution in [2.75, 3.05) is 26.0 Å². The summed E-state index contributed by atoms with van der Waals surface area (Å²) in [5.41, 5.74) is 6.01. The molecule has 0 saturated carbocycles. The molecule has 0 unspecified atom stereocenters. The van der Waals surface area contributed by atoms with E-state index in [-0.39, 0.29) is 5.75 Å². The normalized spacial score (nSPS) is 10.2. The lowest BCUT2D eigenvalue weighted by Crippen LogP contribution is -2.36. The molecule has 1 rings (SSSR count). The maximum absolute atomic E-state index is 11.2. The summed E-state index contributed by atoms with van der Waals surface area (Å²) in [7, 11) is 1.67. The molecule has 7 heteroatoms. The second kappa shape index (κ2) is 9.35. The van der Waals surface area contributed by atoms with Crippen LogP contribution in [0.4, 0.5) is 4.79 Å². The summed E-state index contributed by atoms with van der Waals surface area (Å²) >= 11 is 1.35. The number of nitrogens with one attached hydrogen (secondary N) is 2. The van der Waals surface area contributed by atoms with Crippen molar-refractivity contribution in [3.05, 3.63) is 29.8 Å². The average molecular weight is 297 g/mol. The standard InChI is InChI=1S/C13H19N3O3S/c1-19-7-6-15-8-10-2-4-11(5-3-10)20-9-12(17)16-13(14)18/h2-5,15H,6-9H2,1H3,(H3,14,16,17,18). The molecule has 0 aliphatic carbocycles. The Hall–Kier alpha value is -1.57. The van der Waals surface area contributed by atoms with Crippen molar-refractivity contribution in [1.82, 2.24) is 10.6 Å². The highest BCUT2D eigenvalue weighted by atomic mass is 32.2. The van der Waals surface area contributed by atoms with Gasteiger partial charge in [-0.15, -0.1) is 11.8 Å². The number of carbonyl (C=O) groups excluding carboxylic acids is 2. The van der Waals surface area contributed by atoms with Crippen molar-refractivity contribution >= 4 is 23.7 Å². The van der Waals surface area contributed by atoms with Crippen LogP contribution in [-0.2, 0) is 16.1 Å². The zero-order valence-corrected chi connectivity index (χ0v) is 12.2. The first-order chi connectivity index (χ1) is 9.61. The topological polar surface area (TPSA) is 93.4 Å². The zero-order chi connectivity index (χ0) is 14.8. The molecule has 0 atom stereocenters. The summed E-state index contributed by atoms with van der Waals surface area (Å²) in [5.74, 6) is -0.234. The lowest BCUT2D eigenvalue weighted by Gasteiger charge is -2.06. The Morgan fingerprint density at radius 1 is 1.30 bits per heavy atom. The van der Waals surface area contributed by atoms with Crippen LogP contribution in [0.5, 0.6) is 0 Å². The van der Waals surface area contributed by atoms with Crippen LogP contribution < -0.4 is 16.4 Å². The Morgan fingerprint density at radius 3 is 2.60 bits per heavy atom. The number of hydrogen-bond donors (Lipinski definition) is 3. The summed E-state index contributed by atoms with van der Waals surface area (Å²) in [6.45, 7) is 2.26. The Bertz CT molecular complexity index is 437. The fraction of sp³-hybridized carbons (Fsp3) is 0.385. The van der Waals surface area contributed by atoms with Crippen molar-refractivity contribution < 1.29 is 14.3 Å². The molecule has 0 saturated heterocycles. The fourth-order valence-electron chi connectivity index (χ4n) is 1.43. The van der Waals surface area contributed by atoms with Crippen LogP contribution in [0.25, 0.3) is 0 Å². The van der Waals surface area contributed by atoms with Crippen molar-refractivity contribution in [2.24, 2.45) is 5.73 Å². The first kappa shape index (κ1) is 16.5. The lowest BCUT2D eigenvalue weighted by molar-refractivity contribution is -0.117. The van der Waals surface area contributed by atoms with Crippen LogP contribution in [0.2, 0.25) is 0 Å². The summed E-state index contributed by atoms with van der Waals surface area (Å²) < 4.78 is 4.94. The number of thioether (sulfide) groups is 1. The third-order valence-corrected chi connectivity index (χ3v) is 3.38. The van der Waals surface area contributed by atoms with Crippen LogP contribution in [-0.4, -0.2) is 38.0 Å². The van der Waals surface area contributed by atoms with E-state index >= 15 is 0 Å². The smallest absolute Gasteiger partial charge is 0.318 e. The predicted molar refractivity (Wildman–Crippen MR) is 78.5 cm³/mol. The number of rotatable bonds is 8. The maximum Gasteiger partial charge on any atom is 0.318 e. The molecule has 0 fully saturated rings. The quantitative estimate of drug-likeness (QED) is 0.485. The van der Waals surface area contributed by atoms with E-state index in [1.807, 2.05) is 29.6 Å². The monoisotopic (exact) mass is 297 g/mol. The number of amides is 3. The van der Waals surface area contributed by atoms with Crippen LogP contribution in [0.1, 0.15) is 5.56 Å². The molecule has 1 aromatic rings. The molecule has 0 spiro atoms. The Morgan fingerprint density at radius 2 is 2.00 bits per heavy atom. The van der Waals surface area contributed by atoms with Gasteiger partial charge >= 0.3 is 6.03 Å². The van der Waals surface area contributed by atoms with E-state index < -0.39 is 11.9 Å². The summed E-state index contributed by atoms with van der Waals surface area (Å²) in [6, 6.07) is 7.04. The van der Waals surface area contributed by atoms with Crippen molar-refractivity contribution in [1.29, 1.82) is 0 Å². The highest BCUT2D eigenvalue weighted by molar-refractivity contribution is 8.00. The van der Waals surface area contributed by atoms with Gasteiger partial charge in [0.2, 0.25) is 5.91 Å². The third kappa shape index (κ3) is 7.13. The van der Waals surface area contributed by atoms with Gasteiger partial charge in [0, 0.05) is 25.1 Å². The van der Waals surface area contributed by atoms with Crippen LogP contribution >= 0.6 is 11.8 Å². The zero-order valence-electron chi connectivity index (χ0n) is 11.3. The third-order valence-electron chi connectivity index (χ3n) is 2.37. The summed E-state index contributed by atoms with van der Waals surface area (Å²) in [6.07, 6.45) is 0. The largest absolute Gasteiger partial charge is 0.383 e. The molecule has 0 bridgehead atoms. The second-order valence-electron chi connectivity index (χ2n) is 4.01. The van der Waals surface area contributed by atoms with Crippen molar-refractivity contribution in [3.63, 3.8) is 0 Å². The summed E-state index contributed by atoms with van der Waals surface area (Å²) in [4.78, 5) is 22.7. The van der Waals surface area contributed by atoms with E-state index in [4.69, 9.17) is 10.5 Å². The van der Waals surface area contributed by atoms with Gasteiger partial charge in [0.1, 0.15) is 0 Å². The number of methoxy groups -OCH3 is 1. The molecule has 110 valence electrons. The van der Waals surface area contributed by atoms with Crippen molar-refractivity contribution in [3.8, 4) is 0 Å². The van der Waals surface area contributed by atoms with Crippen LogP contribution in [0.3, 0.4) is 0 Å². The highest BCUT2D eigenvalue weighted by Gasteiger charge is 2.04. The molecule has 20 heavy (non-hydrogen) atoms. The minimum absolute atomic E-state index is 0.161. The van der Waals surface area contributed by atoms with Gasteiger partial charge in [0.05, 0.1) is 12.4 Å². The van der Waals surface area contributed by atoms with E-state index in [0.29, 0.717) is 6.61 Å². The number of nitrogens with two attached hydrogens (primary N) is 1. The number of carbonyl (C=O) groups is 2. The number of urea groups is 1. The van der Waals surface area contributed by atoms with E-state index in [9.17, 15) is 9.59 Å². The van der Waals surface area contributed by atoms with Gasteiger partial charge in [-0.05, 0) is 17.7 Å². The van der Waals surface area contributed by atoms with Gasteiger partial charge < -0.3 is 15.8 Å². The number of hydrogen-bond acceptors (Lipinski definition) is 5. The lowest BCUT2D eigenvalue weighted by atomic mass is 10.2. The fourth-order valence-corrected chi connectivity index (χ4v) is 2.13. The Labute approximate surface area is 122 Å². The molecular weight excluding hydrogens is 278 g/mol. The first-order valence-electron chi connectivity index (χ1n) is 6.12.